The molecule has 0 aliphatic heterocycles. The molecular formula is C14H8Cl2N2O. The van der Waals surface area contributed by atoms with Crippen LogP contribution >= 0.6 is 23.2 Å². The van der Waals surface area contributed by atoms with Crippen LogP contribution in [0.25, 0.3) is 0 Å². The van der Waals surface area contributed by atoms with Crippen LogP contribution < -0.4 is 5.32 Å². The van der Waals surface area contributed by atoms with Crippen molar-refractivity contribution in [3.8, 4) is 12.3 Å². The Hall–Kier alpha value is -2.02. The summed E-state index contributed by atoms with van der Waals surface area (Å²) in [4.78, 5) is 15.8. The fourth-order valence-electron chi connectivity index (χ4n) is 1.47. The zero-order chi connectivity index (χ0) is 13.8. The SMILES string of the molecule is C#Cc1cccc(NC(=O)c2cc(Cl)ncc2Cl)c1. The van der Waals surface area contributed by atoms with Gasteiger partial charge in [-0.3, -0.25) is 4.79 Å². The first-order valence-electron chi connectivity index (χ1n) is 5.29. The molecule has 0 atom stereocenters. The van der Waals surface area contributed by atoms with Crippen LogP contribution in [-0.2, 0) is 0 Å². The number of terminal acetylenes is 1. The molecule has 1 aromatic heterocycles. The van der Waals surface area contributed by atoms with Gasteiger partial charge in [-0.05, 0) is 24.3 Å². The molecule has 0 bridgehead atoms. The largest absolute Gasteiger partial charge is 0.322 e. The van der Waals surface area contributed by atoms with E-state index in [-0.39, 0.29) is 21.6 Å². The summed E-state index contributed by atoms with van der Waals surface area (Å²) in [6, 6.07) is 8.35. The maximum absolute atomic E-state index is 12.1. The highest BCUT2D eigenvalue weighted by Crippen LogP contribution is 2.20. The number of anilines is 1. The van der Waals surface area contributed by atoms with Gasteiger partial charge >= 0.3 is 0 Å². The predicted octanol–water partition coefficient (Wildman–Crippen LogP) is 3.62. The van der Waals surface area contributed by atoms with E-state index in [1.54, 1.807) is 24.3 Å². The molecule has 94 valence electrons. The first kappa shape index (κ1) is 13.4. The Kier molecular flexibility index (Phi) is 4.06. The minimum absolute atomic E-state index is 0.201. The minimum atomic E-state index is -0.372. The Morgan fingerprint density at radius 1 is 1.32 bits per heavy atom. The number of halogens is 2. The van der Waals surface area contributed by atoms with Gasteiger partial charge in [0.05, 0.1) is 10.6 Å². The quantitative estimate of drug-likeness (QED) is 0.678. The number of nitrogens with one attached hydrogen (secondary N) is 1. The average molecular weight is 291 g/mol. The van der Waals surface area contributed by atoms with Crippen LogP contribution in [-0.4, -0.2) is 10.9 Å². The van der Waals surface area contributed by atoms with Crippen molar-refractivity contribution in [2.24, 2.45) is 0 Å². The first-order chi connectivity index (χ1) is 9.10. The van der Waals surface area contributed by atoms with Crippen LogP contribution in [0.3, 0.4) is 0 Å². The number of nitrogens with zero attached hydrogens (tertiary/aromatic N) is 1. The van der Waals surface area contributed by atoms with Crippen molar-refractivity contribution < 1.29 is 4.79 Å². The molecule has 0 fully saturated rings. The van der Waals surface area contributed by atoms with Gasteiger partial charge in [0, 0.05) is 17.4 Å². The van der Waals surface area contributed by atoms with Gasteiger partial charge in [0.25, 0.3) is 5.91 Å². The van der Waals surface area contributed by atoms with Gasteiger partial charge in [-0.25, -0.2) is 4.98 Å². The fraction of sp³-hybridized carbons (Fsp3) is 0. The lowest BCUT2D eigenvalue weighted by Crippen LogP contribution is -2.12. The van der Waals surface area contributed by atoms with E-state index >= 15 is 0 Å². The lowest BCUT2D eigenvalue weighted by Gasteiger charge is -2.07. The van der Waals surface area contributed by atoms with Crippen LogP contribution in [0.15, 0.2) is 36.5 Å². The van der Waals surface area contributed by atoms with E-state index in [9.17, 15) is 4.79 Å². The second-order valence-corrected chi connectivity index (χ2v) is 4.46. The summed E-state index contributed by atoms with van der Waals surface area (Å²) in [7, 11) is 0. The number of benzene rings is 1. The summed E-state index contributed by atoms with van der Waals surface area (Å²) in [5.41, 5.74) is 1.52. The second-order valence-electron chi connectivity index (χ2n) is 3.67. The highest BCUT2D eigenvalue weighted by molar-refractivity contribution is 6.35. The smallest absolute Gasteiger partial charge is 0.257 e. The maximum Gasteiger partial charge on any atom is 0.257 e. The summed E-state index contributed by atoms with van der Waals surface area (Å²) in [6.45, 7) is 0. The molecule has 0 aliphatic carbocycles. The van der Waals surface area contributed by atoms with Gasteiger partial charge in [0.1, 0.15) is 5.15 Å². The number of amides is 1. The average Bonchev–Trinajstić information content (AvgIpc) is 2.41. The lowest BCUT2D eigenvalue weighted by molar-refractivity contribution is 0.102. The number of aromatic nitrogens is 1. The molecule has 1 amide bonds. The molecule has 2 aromatic rings. The monoisotopic (exact) mass is 290 g/mol. The van der Waals surface area contributed by atoms with Crippen LogP contribution in [0.1, 0.15) is 15.9 Å². The molecule has 19 heavy (non-hydrogen) atoms. The van der Waals surface area contributed by atoms with Crippen molar-refractivity contribution in [2.75, 3.05) is 5.32 Å². The van der Waals surface area contributed by atoms with Crippen molar-refractivity contribution in [3.63, 3.8) is 0 Å². The lowest BCUT2D eigenvalue weighted by atomic mass is 10.2. The normalized spacial score (nSPS) is 9.74. The Labute approximate surface area is 120 Å². The van der Waals surface area contributed by atoms with Gasteiger partial charge < -0.3 is 5.32 Å². The standard InChI is InChI=1S/C14H8Cl2N2O/c1-2-9-4-3-5-10(6-9)18-14(19)11-7-13(16)17-8-12(11)15/h1,3-8H,(H,18,19). The van der Waals surface area contributed by atoms with Crippen molar-refractivity contribution in [3.05, 3.63) is 57.8 Å². The van der Waals surface area contributed by atoms with Crippen molar-refractivity contribution in [2.45, 2.75) is 0 Å². The number of carbonyl (C=O) groups is 1. The van der Waals surface area contributed by atoms with Crippen molar-refractivity contribution >= 4 is 34.8 Å². The Bertz CT molecular complexity index is 677. The Morgan fingerprint density at radius 2 is 2.11 bits per heavy atom. The van der Waals surface area contributed by atoms with Gasteiger partial charge in [0.2, 0.25) is 0 Å². The second kappa shape index (κ2) is 5.75. The van der Waals surface area contributed by atoms with E-state index in [0.717, 1.165) is 0 Å². The number of carbonyl (C=O) groups excluding carboxylic acids is 1. The molecule has 0 saturated carbocycles. The van der Waals surface area contributed by atoms with Gasteiger partial charge in [-0.2, -0.15) is 0 Å². The zero-order valence-electron chi connectivity index (χ0n) is 9.65. The number of hydrogen-bond donors (Lipinski definition) is 1. The Morgan fingerprint density at radius 3 is 2.84 bits per heavy atom. The molecule has 0 spiro atoms. The fourth-order valence-corrected chi connectivity index (χ4v) is 1.82. The van der Waals surface area contributed by atoms with Gasteiger partial charge in [0.15, 0.2) is 0 Å². The molecule has 0 radical (unpaired) electrons. The zero-order valence-corrected chi connectivity index (χ0v) is 11.2. The third-order valence-corrected chi connectivity index (χ3v) is 2.86. The predicted molar refractivity (Wildman–Crippen MR) is 76.6 cm³/mol. The van der Waals surface area contributed by atoms with E-state index < -0.39 is 0 Å². The van der Waals surface area contributed by atoms with Gasteiger partial charge in [-0.1, -0.05) is 35.2 Å². The minimum Gasteiger partial charge on any atom is -0.322 e. The number of pyridine rings is 1. The van der Waals surface area contributed by atoms with Crippen LogP contribution in [0.4, 0.5) is 5.69 Å². The van der Waals surface area contributed by atoms with Gasteiger partial charge in [-0.15, -0.1) is 6.42 Å². The van der Waals surface area contributed by atoms with Crippen molar-refractivity contribution in [1.82, 2.24) is 4.98 Å². The van der Waals surface area contributed by atoms with E-state index in [2.05, 4.69) is 16.2 Å². The van der Waals surface area contributed by atoms with Crippen LogP contribution in [0.2, 0.25) is 10.2 Å². The highest BCUT2D eigenvalue weighted by atomic mass is 35.5. The molecule has 1 heterocycles. The topological polar surface area (TPSA) is 42.0 Å². The molecule has 1 aromatic carbocycles. The maximum atomic E-state index is 12.1. The Balaban J connectivity index is 2.26. The summed E-state index contributed by atoms with van der Waals surface area (Å²) < 4.78 is 0. The van der Waals surface area contributed by atoms with Crippen molar-refractivity contribution in [1.29, 1.82) is 0 Å². The molecule has 0 unspecified atom stereocenters. The molecule has 2 rings (SSSR count). The third kappa shape index (κ3) is 3.25. The third-order valence-electron chi connectivity index (χ3n) is 2.35. The molecule has 0 aliphatic rings. The number of rotatable bonds is 2. The van der Waals surface area contributed by atoms with E-state index in [1.807, 2.05) is 0 Å². The summed E-state index contributed by atoms with van der Waals surface area (Å²) >= 11 is 11.6. The molecule has 1 N–H and O–H groups in total. The van der Waals surface area contributed by atoms with E-state index in [4.69, 9.17) is 29.6 Å². The number of hydrogen-bond acceptors (Lipinski definition) is 2. The molecule has 5 heteroatoms. The highest BCUT2D eigenvalue weighted by Gasteiger charge is 2.12. The van der Waals surface area contributed by atoms with E-state index in [0.29, 0.717) is 11.3 Å². The summed E-state index contributed by atoms with van der Waals surface area (Å²) in [5.74, 6) is 2.12. The van der Waals surface area contributed by atoms with E-state index in [1.165, 1.54) is 12.3 Å². The summed E-state index contributed by atoms with van der Waals surface area (Å²) in [5, 5.41) is 3.13. The molecule has 0 saturated heterocycles. The first-order valence-corrected chi connectivity index (χ1v) is 6.05. The molecular weight excluding hydrogens is 283 g/mol. The van der Waals surface area contributed by atoms with Crippen LogP contribution in [0.5, 0.6) is 0 Å². The summed E-state index contributed by atoms with van der Waals surface area (Å²) in [6.07, 6.45) is 6.63. The molecule has 3 nitrogen and oxygen atoms in total. The van der Waals surface area contributed by atoms with Crippen LogP contribution in [0, 0.1) is 12.3 Å².